The molecule has 4 heteroatoms. The molecular weight excluding hydrogens is 238 g/mol. The van der Waals surface area contributed by atoms with Gasteiger partial charge in [-0.25, -0.2) is 4.79 Å². The fourth-order valence-electron chi connectivity index (χ4n) is 2.33. The monoisotopic (exact) mass is 261 g/mol. The average Bonchev–Trinajstić information content (AvgIpc) is 2.85. The summed E-state index contributed by atoms with van der Waals surface area (Å²) in [6, 6.07) is 10.7. The molecule has 0 saturated carbocycles. The quantitative estimate of drug-likeness (QED) is 0.735. The molecule has 0 aliphatic carbocycles. The van der Waals surface area contributed by atoms with Gasteiger partial charge in [0.25, 0.3) is 0 Å². The maximum absolute atomic E-state index is 11.3. The summed E-state index contributed by atoms with van der Waals surface area (Å²) >= 11 is 0. The maximum atomic E-state index is 11.3. The predicted molar refractivity (Wildman–Crippen MR) is 77.3 cm³/mol. The van der Waals surface area contributed by atoms with E-state index in [1.165, 1.54) is 5.56 Å². The minimum Gasteiger partial charge on any atom is -0.336 e. The smallest absolute Gasteiger partial charge is 0.317 e. The number of urea groups is 1. The van der Waals surface area contributed by atoms with Crippen LogP contribution in [0.15, 0.2) is 30.3 Å². The van der Waals surface area contributed by atoms with Gasteiger partial charge in [-0.2, -0.15) is 0 Å². The number of hydrogen-bond donors (Lipinski definition) is 2. The molecule has 104 valence electrons. The van der Waals surface area contributed by atoms with Crippen LogP contribution < -0.4 is 10.6 Å². The van der Waals surface area contributed by atoms with Crippen molar-refractivity contribution in [3.8, 4) is 0 Å². The lowest BCUT2D eigenvalue weighted by Crippen LogP contribution is -2.35. The molecule has 1 atom stereocenters. The Kier molecular flexibility index (Phi) is 5.21. The molecule has 1 aliphatic heterocycles. The summed E-state index contributed by atoms with van der Waals surface area (Å²) in [5, 5.41) is 6.22. The van der Waals surface area contributed by atoms with Gasteiger partial charge in [-0.3, -0.25) is 0 Å². The van der Waals surface area contributed by atoms with Gasteiger partial charge in [0, 0.05) is 26.2 Å². The van der Waals surface area contributed by atoms with Crippen LogP contribution >= 0.6 is 0 Å². The minimum absolute atomic E-state index is 0.0689. The van der Waals surface area contributed by atoms with Crippen LogP contribution in [-0.2, 0) is 0 Å². The third-order valence-electron chi connectivity index (χ3n) is 3.63. The van der Waals surface area contributed by atoms with E-state index in [1.54, 1.807) is 0 Å². The second-order valence-corrected chi connectivity index (χ2v) is 5.07. The molecule has 19 heavy (non-hydrogen) atoms. The minimum atomic E-state index is 0.0689. The van der Waals surface area contributed by atoms with E-state index >= 15 is 0 Å². The van der Waals surface area contributed by atoms with Gasteiger partial charge < -0.3 is 15.5 Å². The fourth-order valence-corrected chi connectivity index (χ4v) is 2.33. The zero-order chi connectivity index (χ0) is 13.5. The van der Waals surface area contributed by atoms with Crippen LogP contribution in [0.2, 0.25) is 0 Å². The van der Waals surface area contributed by atoms with Gasteiger partial charge in [-0.1, -0.05) is 37.3 Å². The molecule has 1 fully saturated rings. The van der Waals surface area contributed by atoms with E-state index < -0.39 is 0 Å². The highest BCUT2D eigenvalue weighted by Crippen LogP contribution is 2.17. The third kappa shape index (κ3) is 4.24. The van der Waals surface area contributed by atoms with Gasteiger partial charge in [0.1, 0.15) is 0 Å². The van der Waals surface area contributed by atoms with Crippen LogP contribution in [0.4, 0.5) is 4.79 Å². The lowest BCUT2D eigenvalue weighted by Gasteiger charge is -2.15. The molecule has 1 unspecified atom stereocenters. The van der Waals surface area contributed by atoms with Crippen LogP contribution in [-0.4, -0.2) is 43.7 Å². The molecule has 0 aromatic heterocycles. The van der Waals surface area contributed by atoms with E-state index in [0.29, 0.717) is 5.92 Å². The zero-order valence-corrected chi connectivity index (χ0v) is 11.6. The SMILES string of the molecule is CC(CCNCCN1CCNC1=O)c1ccccc1. The molecule has 4 nitrogen and oxygen atoms in total. The van der Waals surface area contributed by atoms with Gasteiger partial charge in [-0.15, -0.1) is 0 Å². The number of rotatable bonds is 7. The van der Waals surface area contributed by atoms with Crippen molar-refractivity contribution in [1.82, 2.24) is 15.5 Å². The summed E-state index contributed by atoms with van der Waals surface area (Å²) < 4.78 is 0. The predicted octanol–water partition coefficient (Wildman–Crippen LogP) is 1.79. The van der Waals surface area contributed by atoms with Crippen LogP contribution in [0.1, 0.15) is 24.8 Å². The number of carbonyl (C=O) groups is 1. The molecular formula is C15H23N3O. The summed E-state index contributed by atoms with van der Waals surface area (Å²) in [6.07, 6.45) is 1.12. The Bertz CT molecular complexity index is 394. The molecule has 0 radical (unpaired) electrons. The molecule has 2 amide bonds. The number of hydrogen-bond acceptors (Lipinski definition) is 2. The maximum Gasteiger partial charge on any atom is 0.317 e. The fraction of sp³-hybridized carbons (Fsp3) is 0.533. The molecule has 2 N–H and O–H groups in total. The van der Waals surface area contributed by atoms with Crippen molar-refractivity contribution in [2.45, 2.75) is 19.3 Å². The lowest BCUT2D eigenvalue weighted by atomic mass is 9.98. The molecule has 1 aromatic rings. The normalized spacial score (nSPS) is 16.5. The van der Waals surface area contributed by atoms with Crippen LogP contribution in [0.25, 0.3) is 0 Å². The molecule has 1 aliphatic rings. The molecule has 0 bridgehead atoms. The third-order valence-corrected chi connectivity index (χ3v) is 3.63. The van der Waals surface area contributed by atoms with Crippen molar-refractivity contribution < 1.29 is 4.79 Å². The Labute approximate surface area is 115 Å². The highest BCUT2D eigenvalue weighted by molar-refractivity contribution is 5.76. The first-order chi connectivity index (χ1) is 9.27. The highest BCUT2D eigenvalue weighted by atomic mass is 16.2. The first kappa shape index (κ1) is 13.9. The molecule has 1 aromatic carbocycles. The zero-order valence-electron chi connectivity index (χ0n) is 11.6. The number of carbonyl (C=O) groups excluding carboxylic acids is 1. The lowest BCUT2D eigenvalue weighted by molar-refractivity contribution is 0.217. The van der Waals surface area contributed by atoms with Gasteiger partial charge in [-0.05, 0) is 24.4 Å². The number of nitrogens with zero attached hydrogens (tertiary/aromatic N) is 1. The van der Waals surface area contributed by atoms with Crippen molar-refractivity contribution in [2.75, 3.05) is 32.7 Å². The van der Waals surface area contributed by atoms with Gasteiger partial charge in [0.2, 0.25) is 0 Å². The number of benzene rings is 1. The average molecular weight is 261 g/mol. The van der Waals surface area contributed by atoms with Gasteiger partial charge in [0.05, 0.1) is 0 Å². The first-order valence-corrected chi connectivity index (χ1v) is 7.06. The number of nitrogens with one attached hydrogen (secondary N) is 2. The van der Waals surface area contributed by atoms with E-state index in [2.05, 4.69) is 47.9 Å². The van der Waals surface area contributed by atoms with Gasteiger partial charge in [0.15, 0.2) is 0 Å². The van der Waals surface area contributed by atoms with E-state index in [4.69, 9.17) is 0 Å². The standard InChI is InChI=1S/C15H23N3O/c1-13(14-5-3-2-4-6-14)7-8-16-9-11-18-12-10-17-15(18)19/h2-6,13,16H,7-12H2,1H3,(H,17,19). The number of amides is 2. The van der Waals surface area contributed by atoms with E-state index in [0.717, 1.165) is 39.1 Å². The van der Waals surface area contributed by atoms with Gasteiger partial charge >= 0.3 is 6.03 Å². The first-order valence-electron chi connectivity index (χ1n) is 7.06. The van der Waals surface area contributed by atoms with Crippen molar-refractivity contribution >= 4 is 6.03 Å². The second-order valence-electron chi connectivity index (χ2n) is 5.07. The van der Waals surface area contributed by atoms with Crippen molar-refractivity contribution in [2.24, 2.45) is 0 Å². The van der Waals surface area contributed by atoms with E-state index in [-0.39, 0.29) is 6.03 Å². The molecule has 0 spiro atoms. The van der Waals surface area contributed by atoms with E-state index in [1.807, 2.05) is 4.90 Å². The Morgan fingerprint density at radius 2 is 2.11 bits per heavy atom. The summed E-state index contributed by atoms with van der Waals surface area (Å²) in [7, 11) is 0. The van der Waals surface area contributed by atoms with Crippen LogP contribution in [0.5, 0.6) is 0 Å². The Morgan fingerprint density at radius 1 is 1.32 bits per heavy atom. The van der Waals surface area contributed by atoms with Crippen molar-refractivity contribution in [3.63, 3.8) is 0 Å². The van der Waals surface area contributed by atoms with Crippen molar-refractivity contribution in [1.29, 1.82) is 0 Å². The Hall–Kier alpha value is -1.55. The summed E-state index contributed by atoms with van der Waals surface area (Å²) in [6.45, 7) is 6.53. The Balaban J connectivity index is 1.58. The molecule has 2 rings (SSSR count). The van der Waals surface area contributed by atoms with E-state index in [9.17, 15) is 4.79 Å². The largest absolute Gasteiger partial charge is 0.336 e. The van der Waals surface area contributed by atoms with Crippen LogP contribution in [0, 0.1) is 0 Å². The molecule has 1 saturated heterocycles. The summed E-state index contributed by atoms with van der Waals surface area (Å²) in [4.78, 5) is 13.2. The van der Waals surface area contributed by atoms with Crippen LogP contribution in [0.3, 0.4) is 0 Å². The summed E-state index contributed by atoms with van der Waals surface area (Å²) in [5.41, 5.74) is 1.39. The summed E-state index contributed by atoms with van der Waals surface area (Å²) in [5.74, 6) is 0.573. The molecule has 1 heterocycles. The topological polar surface area (TPSA) is 44.4 Å². The van der Waals surface area contributed by atoms with Crippen molar-refractivity contribution in [3.05, 3.63) is 35.9 Å². The second kappa shape index (κ2) is 7.14. The Morgan fingerprint density at radius 3 is 2.79 bits per heavy atom. The highest BCUT2D eigenvalue weighted by Gasteiger charge is 2.17.